The Hall–Kier alpha value is -0.0900. The molecule has 0 bridgehead atoms. The standard InChI is InChI=1S/C11H14BrClN2/c12-9-2-1-8(11(13)5-9)6-15-4-3-10(14)7-15/h1-2,5,10H,3-4,6-7,14H2/t10-/m0/s1. The first-order chi connectivity index (χ1) is 7.15. The summed E-state index contributed by atoms with van der Waals surface area (Å²) >= 11 is 9.56. The van der Waals surface area contributed by atoms with Gasteiger partial charge >= 0.3 is 0 Å². The molecular weight excluding hydrogens is 275 g/mol. The van der Waals surface area contributed by atoms with E-state index in [1.807, 2.05) is 12.1 Å². The van der Waals surface area contributed by atoms with Crippen molar-refractivity contribution in [3.05, 3.63) is 33.3 Å². The van der Waals surface area contributed by atoms with Crippen molar-refractivity contribution in [1.82, 2.24) is 4.90 Å². The molecule has 4 heteroatoms. The third-order valence-electron chi connectivity index (χ3n) is 2.72. The third kappa shape index (κ3) is 2.94. The van der Waals surface area contributed by atoms with Crippen LogP contribution >= 0.6 is 27.5 Å². The lowest BCUT2D eigenvalue weighted by molar-refractivity contribution is 0.327. The molecule has 0 spiro atoms. The van der Waals surface area contributed by atoms with Crippen molar-refractivity contribution in [2.75, 3.05) is 13.1 Å². The Morgan fingerprint density at radius 2 is 2.33 bits per heavy atom. The molecule has 2 N–H and O–H groups in total. The van der Waals surface area contributed by atoms with E-state index in [0.29, 0.717) is 6.04 Å². The molecule has 0 aromatic heterocycles. The second-order valence-electron chi connectivity index (χ2n) is 4.02. The third-order valence-corrected chi connectivity index (χ3v) is 3.56. The van der Waals surface area contributed by atoms with Gasteiger partial charge in [-0.1, -0.05) is 33.6 Å². The molecule has 2 rings (SSSR count). The van der Waals surface area contributed by atoms with E-state index in [0.717, 1.165) is 35.6 Å². The van der Waals surface area contributed by atoms with Crippen molar-refractivity contribution >= 4 is 27.5 Å². The van der Waals surface area contributed by atoms with Gasteiger partial charge in [0.15, 0.2) is 0 Å². The van der Waals surface area contributed by atoms with Crippen LogP contribution in [-0.2, 0) is 6.54 Å². The highest BCUT2D eigenvalue weighted by molar-refractivity contribution is 9.10. The predicted octanol–water partition coefficient (Wildman–Crippen LogP) is 2.64. The van der Waals surface area contributed by atoms with E-state index >= 15 is 0 Å². The van der Waals surface area contributed by atoms with Gasteiger partial charge in [0, 0.05) is 35.2 Å². The fourth-order valence-electron chi connectivity index (χ4n) is 1.90. The van der Waals surface area contributed by atoms with Crippen molar-refractivity contribution in [3.8, 4) is 0 Å². The van der Waals surface area contributed by atoms with Gasteiger partial charge in [0.2, 0.25) is 0 Å². The van der Waals surface area contributed by atoms with Gasteiger partial charge in [-0.2, -0.15) is 0 Å². The van der Waals surface area contributed by atoms with Crippen LogP contribution in [0.3, 0.4) is 0 Å². The molecule has 1 saturated heterocycles. The van der Waals surface area contributed by atoms with Crippen LogP contribution in [0.1, 0.15) is 12.0 Å². The summed E-state index contributed by atoms with van der Waals surface area (Å²) < 4.78 is 1.02. The number of halogens is 2. The Bertz CT molecular complexity index is 356. The molecular formula is C11H14BrClN2. The Morgan fingerprint density at radius 1 is 1.53 bits per heavy atom. The van der Waals surface area contributed by atoms with E-state index in [1.165, 1.54) is 5.56 Å². The van der Waals surface area contributed by atoms with Gasteiger partial charge in [-0.05, 0) is 24.1 Å². The maximum absolute atomic E-state index is 6.16. The minimum atomic E-state index is 0.333. The second-order valence-corrected chi connectivity index (χ2v) is 5.34. The highest BCUT2D eigenvalue weighted by Crippen LogP contribution is 2.23. The molecule has 1 fully saturated rings. The molecule has 2 nitrogen and oxygen atoms in total. The Morgan fingerprint density at radius 3 is 2.93 bits per heavy atom. The summed E-state index contributed by atoms with van der Waals surface area (Å²) in [6.07, 6.45) is 1.09. The zero-order valence-electron chi connectivity index (χ0n) is 8.42. The SMILES string of the molecule is N[C@H]1CCN(Cc2ccc(Br)cc2Cl)C1. The molecule has 1 aromatic rings. The van der Waals surface area contributed by atoms with Crippen LogP contribution < -0.4 is 5.73 Å². The van der Waals surface area contributed by atoms with Crippen molar-refractivity contribution in [2.24, 2.45) is 5.73 Å². The second kappa shape index (κ2) is 4.83. The first-order valence-electron chi connectivity index (χ1n) is 5.07. The van der Waals surface area contributed by atoms with Crippen LogP contribution in [0, 0.1) is 0 Å². The van der Waals surface area contributed by atoms with Crippen LogP contribution in [0.25, 0.3) is 0 Å². The van der Waals surface area contributed by atoms with E-state index in [1.54, 1.807) is 0 Å². The van der Waals surface area contributed by atoms with Gasteiger partial charge in [-0.15, -0.1) is 0 Å². The van der Waals surface area contributed by atoms with Crippen LogP contribution in [0.5, 0.6) is 0 Å². The van der Waals surface area contributed by atoms with E-state index in [4.69, 9.17) is 17.3 Å². The summed E-state index contributed by atoms with van der Waals surface area (Å²) in [4.78, 5) is 2.35. The van der Waals surface area contributed by atoms with Gasteiger partial charge in [0.1, 0.15) is 0 Å². The minimum Gasteiger partial charge on any atom is -0.326 e. The lowest BCUT2D eigenvalue weighted by Gasteiger charge is -2.16. The molecule has 0 radical (unpaired) electrons. The molecule has 82 valence electrons. The summed E-state index contributed by atoms with van der Waals surface area (Å²) in [5, 5.41) is 0.824. The smallest absolute Gasteiger partial charge is 0.0462 e. The van der Waals surface area contributed by atoms with Gasteiger partial charge < -0.3 is 5.73 Å². The Labute approximate surface area is 104 Å². The van der Waals surface area contributed by atoms with Crippen LogP contribution in [0.15, 0.2) is 22.7 Å². The van der Waals surface area contributed by atoms with E-state index in [-0.39, 0.29) is 0 Å². The average Bonchev–Trinajstić information content (AvgIpc) is 2.56. The first kappa shape index (κ1) is 11.4. The highest BCUT2D eigenvalue weighted by atomic mass is 79.9. The summed E-state index contributed by atoms with van der Waals surface area (Å²) in [6.45, 7) is 2.96. The van der Waals surface area contributed by atoms with Gasteiger partial charge in [-0.25, -0.2) is 0 Å². The van der Waals surface area contributed by atoms with Gasteiger partial charge in [0.25, 0.3) is 0 Å². The molecule has 15 heavy (non-hydrogen) atoms. The number of likely N-dealkylation sites (tertiary alicyclic amines) is 1. The largest absolute Gasteiger partial charge is 0.326 e. The number of rotatable bonds is 2. The van der Waals surface area contributed by atoms with Crippen molar-refractivity contribution in [1.29, 1.82) is 0 Å². The van der Waals surface area contributed by atoms with Crippen LogP contribution in [0.4, 0.5) is 0 Å². The predicted molar refractivity (Wildman–Crippen MR) is 67.0 cm³/mol. The van der Waals surface area contributed by atoms with Crippen molar-refractivity contribution in [3.63, 3.8) is 0 Å². The minimum absolute atomic E-state index is 0.333. The maximum Gasteiger partial charge on any atom is 0.0462 e. The number of nitrogens with two attached hydrogens (primary N) is 1. The molecule has 1 aliphatic rings. The molecule has 1 atom stereocenters. The van der Waals surface area contributed by atoms with Crippen LogP contribution in [-0.4, -0.2) is 24.0 Å². The van der Waals surface area contributed by atoms with Gasteiger partial charge in [-0.3, -0.25) is 4.90 Å². The molecule has 1 heterocycles. The number of benzene rings is 1. The molecule has 1 aliphatic heterocycles. The summed E-state index contributed by atoms with van der Waals surface area (Å²) in [7, 11) is 0. The monoisotopic (exact) mass is 288 g/mol. The van der Waals surface area contributed by atoms with E-state index < -0.39 is 0 Å². The Balaban J connectivity index is 2.04. The average molecular weight is 290 g/mol. The summed E-state index contributed by atoms with van der Waals surface area (Å²) in [5.74, 6) is 0. The quantitative estimate of drug-likeness (QED) is 0.907. The van der Waals surface area contributed by atoms with E-state index in [2.05, 4.69) is 26.9 Å². The van der Waals surface area contributed by atoms with E-state index in [9.17, 15) is 0 Å². The van der Waals surface area contributed by atoms with Gasteiger partial charge in [0.05, 0.1) is 0 Å². The zero-order valence-corrected chi connectivity index (χ0v) is 10.8. The fourth-order valence-corrected chi connectivity index (χ4v) is 2.63. The number of hydrogen-bond donors (Lipinski definition) is 1. The Kier molecular flexibility index (Phi) is 3.67. The highest BCUT2D eigenvalue weighted by Gasteiger charge is 2.19. The molecule has 0 saturated carbocycles. The molecule has 0 amide bonds. The van der Waals surface area contributed by atoms with Crippen molar-refractivity contribution < 1.29 is 0 Å². The lowest BCUT2D eigenvalue weighted by atomic mass is 10.2. The van der Waals surface area contributed by atoms with Crippen molar-refractivity contribution in [2.45, 2.75) is 19.0 Å². The topological polar surface area (TPSA) is 29.3 Å². The maximum atomic E-state index is 6.16. The van der Waals surface area contributed by atoms with Crippen LogP contribution in [0.2, 0.25) is 5.02 Å². The number of hydrogen-bond acceptors (Lipinski definition) is 2. The molecule has 1 aromatic carbocycles. The number of nitrogens with zero attached hydrogens (tertiary/aromatic N) is 1. The fraction of sp³-hybridized carbons (Fsp3) is 0.455. The lowest BCUT2D eigenvalue weighted by Crippen LogP contribution is -2.26. The summed E-state index contributed by atoms with van der Waals surface area (Å²) in [5.41, 5.74) is 7.03. The summed E-state index contributed by atoms with van der Waals surface area (Å²) in [6, 6.07) is 6.36. The molecule has 0 aliphatic carbocycles. The first-order valence-corrected chi connectivity index (χ1v) is 6.24. The zero-order chi connectivity index (χ0) is 10.8. The normalized spacial score (nSPS) is 22.2. The molecule has 0 unspecified atom stereocenters.